The highest BCUT2D eigenvalue weighted by atomic mass is 19.2. The summed E-state index contributed by atoms with van der Waals surface area (Å²) in [6.45, 7) is -0.277. The van der Waals surface area contributed by atoms with E-state index in [0.717, 1.165) is 6.07 Å². The summed E-state index contributed by atoms with van der Waals surface area (Å²) >= 11 is 0. The second-order valence-electron chi connectivity index (χ2n) is 2.03. The number of hydrogen-bond donors (Lipinski definition) is 0. The number of aldehydes is 1. The Hall–Kier alpha value is -1.45. The molecule has 1 aromatic rings. The molecule has 0 aliphatic carbocycles. The zero-order valence-corrected chi connectivity index (χ0v) is 6.09. The normalized spacial score (nSPS) is 9.50. The maximum absolute atomic E-state index is 12.7. The van der Waals surface area contributed by atoms with Crippen molar-refractivity contribution in [1.82, 2.24) is 0 Å². The minimum absolute atomic E-state index is 0.248. The number of halogens is 2. The molecule has 0 heterocycles. The largest absolute Gasteiger partial charge is 0.483 e. The molecule has 0 spiro atoms. The Bertz CT molecular complexity index is 286. The number of ether oxygens (including phenoxy) is 1. The minimum Gasteiger partial charge on any atom is -0.483 e. The van der Waals surface area contributed by atoms with Gasteiger partial charge < -0.3 is 4.74 Å². The van der Waals surface area contributed by atoms with Crippen LogP contribution in [-0.4, -0.2) is 12.9 Å². The quantitative estimate of drug-likeness (QED) is 0.646. The molecule has 1 rings (SSSR count). The summed E-state index contributed by atoms with van der Waals surface area (Å²) in [5.74, 6) is -2.31. The number of hydrogen-bond acceptors (Lipinski definition) is 2. The lowest BCUT2D eigenvalue weighted by Crippen LogP contribution is -2.00. The van der Waals surface area contributed by atoms with Gasteiger partial charge in [-0.1, -0.05) is 6.07 Å². The summed E-state index contributed by atoms with van der Waals surface area (Å²) in [5.41, 5.74) is 0. The number of carbonyl (C=O) groups is 1. The van der Waals surface area contributed by atoms with Crippen LogP contribution in [0, 0.1) is 11.6 Å². The van der Waals surface area contributed by atoms with Crippen molar-refractivity contribution in [1.29, 1.82) is 0 Å². The summed E-state index contributed by atoms with van der Waals surface area (Å²) in [6.07, 6.45) is 0.463. The molecule has 0 atom stereocenters. The fourth-order valence-electron chi connectivity index (χ4n) is 0.719. The van der Waals surface area contributed by atoms with Gasteiger partial charge in [-0.25, -0.2) is 4.39 Å². The molecule has 0 fully saturated rings. The van der Waals surface area contributed by atoms with E-state index in [2.05, 4.69) is 4.74 Å². The van der Waals surface area contributed by atoms with Crippen LogP contribution in [0.3, 0.4) is 0 Å². The van der Waals surface area contributed by atoms with E-state index >= 15 is 0 Å². The summed E-state index contributed by atoms with van der Waals surface area (Å²) in [5, 5.41) is 0. The molecule has 0 unspecified atom stereocenters. The zero-order valence-electron chi connectivity index (χ0n) is 6.09. The first-order valence-electron chi connectivity index (χ1n) is 3.26. The molecule has 64 valence electrons. The van der Waals surface area contributed by atoms with Gasteiger partial charge in [-0.05, 0) is 12.1 Å². The molecule has 0 saturated carbocycles. The van der Waals surface area contributed by atoms with Crippen molar-refractivity contribution in [3.05, 3.63) is 29.8 Å². The van der Waals surface area contributed by atoms with E-state index in [9.17, 15) is 13.6 Å². The van der Waals surface area contributed by atoms with Crippen molar-refractivity contribution in [2.45, 2.75) is 0 Å². The zero-order chi connectivity index (χ0) is 8.97. The number of carbonyl (C=O) groups excluding carboxylic acids is 1. The molecule has 12 heavy (non-hydrogen) atoms. The fraction of sp³-hybridized carbons (Fsp3) is 0.125. The van der Waals surface area contributed by atoms with Crippen LogP contribution >= 0.6 is 0 Å². The lowest BCUT2D eigenvalue weighted by atomic mass is 10.3. The summed E-state index contributed by atoms with van der Waals surface area (Å²) < 4.78 is 29.8. The highest BCUT2D eigenvalue weighted by Gasteiger charge is 2.07. The van der Waals surface area contributed by atoms with Gasteiger partial charge in [0.15, 0.2) is 17.9 Å². The molecule has 0 aliphatic rings. The van der Waals surface area contributed by atoms with Gasteiger partial charge in [-0.15, -0.1) is 0 Å². The first kappa shape index (κ1) is 8.64. The second kappa shape index (κ2) is 3.80. The number of benzene rings is 1. The van der Waals surface area contributed by atoms with Gasteiger partial charge in [0.05, 0.1) is 0 Å². The van der Waals surface area contributed by atoms with E-state index in [1.54, 1.807) is 0 Å². The van der Waals surface area contributed by atoms with Crippen LogP contribution in [0.2, 0.25) is 0 Å². The van der Waals surface area contributed by atoms with E-state index in [1.165, 1.54) is 12.1 Å². The van der Waals surface area contributed by atoms with Crippen molar-refractivity contribution in [2.75, 3.05) is 6.61 Å². The van der Waals surface area contributed by atoms with Crippen LogP contribution in [-0.2, 0) is 4.79 Å². The van der Waals surface area contributed by atoms with Crippen molar-refractivity contribution < 1.29 is 18.3 Å². The summed E-state index contributed by atoms with van der Waals surface area (Å²) in [6, 6.07) is 3.53. The molecule has 0 aliphatic heterocycles. The SMILES string of the molecule is O=CCOc1cccc(F)c1F. The monoisotopic (exact) mass is 172 g/mol. The lowest BCUT2D eigenvalue weighted by molar-refractivity contribution is -0.109. The molecule has 0 aromatic heterocycles. The Kier molecular flexibility index (Phi) is 2.74. The highest BCUT2D eigenvalue weighted by molar-refractivity contribution is 5.51. The minimum atomic E-state index is -1.07. The van der Waals surface area contributed by atoms with Crippen LogP contribution in [0.4, 0.5) is 8.78 Å². The van der Waals surface area contributed by atoms with Crippen LogP contribution in [0.1, 0.15) is 0 Å². The van der Waals surface area contributed by atoms with Gasteiger partial charge in [-0.3, -0.25) is 4.79 Å². The van der Waals surface area contributed by atoms with Gasteiger partial charge in [0, 0.05) is 0 Å². The third-order valence-electron chi connectivity index (χ3n) is 1.22. The molecular weight excluding hydrogens is 166 g/mol. The van der Waals surface area contributed by atoms with Gasteiger partial charge >= 0.3 is 0 Å². The first-order valence-corrected chi connectivity index (χ1v) is 3.26. The first-order chi connectivity index (χ1) is 5.75. The fourth-order valence-corrected chi connectivity index (χ4v) is 0.719. The Morgan fingerprint density at radius 1 is 1.42 bits per heavy atom. The lowest BCUT2D eigenvalue weighted by Gasteiger charge is -2.02. The van der Waals surface area contributed by atoms with Crippen LogP contribution < -0.4 is 4.74 Å². The van der Waals surface area contributed by atoms with Crippen LogP contribution in [0.25, 0.3) is 0 Å². The standard InChI is InChI=1S/C8H6F2O2/c9-6-2-1-3-7(8(6)10)12-5-4-11/h1-4H,5H2. The topological polar surface area (TPSA) is 26.3 Å². The third-order valence-corrected chi connectivity index (χ3v) is 1.22. The molecule has 0 radical (unpaired) electrons. The maximum atomic E-state index is 12.7. The van der Waals surface area contributed by atoms with Gasteiger partial charge in [-0.2, -0.15) is 4.39 Å². The van der Waals surface area contributed by atoms with Gasteiger partial charge in [0.25, 0.3) is 0 Å². The van der Waals surface area contributed by atoms with Crippen LogP contribution in [0.15, 0.2) is 18.2 Å². The highest BCUT2D eigenvalue weighted by Crippen LogP contribution is 2.18. The smallest absolute Gasteiger partial charge is 0.200 e. The predicted molar refractivity (Wildman–Crippen MR) is 37.9 cm³/mol. The Balaban J connectivity index is 2.84. The van der Waals surface area contributed by atoms with Crippen molar-refractivity contribution in [2.24, 2.45) is 0 Å². The summed E-state index contributed by atoms with van der Waals surface area (Å²) in [4.78, 5) is 9.83. The number of rotatable bonds is 3. The second-order valence-corrected chi connectivity index (χ2v) is 2.03. The van der Waals surface area contributed by atoms with Crippen molar-refractivity contribution in [3.8, 4) is 5.75 Å². The average Bonchev–Trinajstić information content (AvgIpc) is 2.08. The van der Waals surface area contributed by atoms with Crippen LogP contribution in [0.5, 0.6) is 5.75 Å². The molecule has 4 heteroatoms. The van der Waals surface area contributed by atoms with E-state index in [4.69, 9.17) is 0 Å². The molecular formula is C8H6F2O2. The Morgan fingerprint density at radius 2 is 2.17 bits per heavy atom. The molecule has 0 amide bonds. The molecule has 1 aromatic carbocycles. The van der Waals surface area contributed by atoms with E-state index < -0.39 is 11.6 Å². The molecule has 0 N–H and O–H groups in total. The van der Waals surface area contributed by atoms with Crippen molar-refractivity contribution >= 4 is 6.29 Å². The maximum Gasteiger partial charge on any atom is 0.200 e. The van der Waals surface area contributed by atoms with E-state index in [1.807, 2.05) is 0 Å². The molecule has 0 saturated heterocycles. The average molecular weight is 172 g/mol. The molecule has 0 bridgehead atoms. The predicted octanol–water partition coefficient (Wildman–Crippen LogP) is 1.54. The van der Waals surface area contributed by atoms with Gasteiger partial charge in [0.1, 0.15) is 6.61 Å². The Morgan fingerprint density at radius 3 is 2.83 bits per heavy atom. The van der Waals surface area contributed by atoms with Crippen molar-refractivity contribution in [3.63, 3.8) is 0 Å². The molecule has 2 nitrogen and oxygen atoms in total. The van der Waals surface area contributed by atoms with E-state index in [-0.39, 0.29) is 12.4 Å². The van der Waals surface area contributed by atoms with Gasteiger partial charge in [0.2, 0.25) is 5.82 Å². The third kappa shape index (κ3) is 1.78. The Labute approximate surface area is 67.8 Å². The van der Waals surface area contributed by atoms with E-state index in [0.29, 0.717) is 6.29 Å². The summed E-state index contributed by atoms with van der Waals surface area (Å²) in [7, 11) is 0.